The smallest absolute Gasteiger partial charge is 0.274 e. The molecule has 41 heavy (non-hydrogen) atoms. The molecule has 5 aromatic rings. The number of benzene rings is 4. The number of hydrogen-bond acceptors (Lipinski definition) is 5. The molecule has 1 amide bonds. The molecule has 1 aromatic heterocycles. The first-order valence-electron chi connectivity index (χ1n) is 13.3. The Labute approximate surface area is 243 Å². The maximum atomic E-state index is 13.9. The van der Waals surface area contributed by atoms with Crippen molar-refractivity contribution in [2.24, 2.45) is 5.10 Å². The molecule has 1 atom stereocenters. The van der Waals surface area contributed by atoms with Crippen LogP contribution in [0.15, 0.2) is 102 Å². The molecular formula is C34H28ClN3O3. The Morgan fingerprint density at radius 3 is 2.27 bits per heavy atom. The minimum absolute atomic E-state index is 0.184. The molecule has 204 valence electrons. The van der Waals surface area contributed by atoms with Gasteiger partial charge in [0.05, 0.1) is 31.5 Å². The number of carbonyl (C=O) groups excluding carboxylic acids is 1. The zero-order chi connectivity index (χ0) is 28.5. The van der Waals surface area contributed by atoms with Gasteiger partial charge in [-0.3, -0.25) is 9.78 Å². The zero-order valence-corrected chi connectivity index (χ0v) is 23.7. The van der Waals surface area contributed by atoms with Crippen LogP contribution in [0.1, 0.15) is 39.6 Å². The minimum atomic E-state index is -0.365. The van der Waals surface area contributed by atoms with Crippen LogP contribution in [-0.2, 0) is 0 Å². The monoisotopic (exact) mass is 561 g/mol. The van der Waals surface area contributed by atoms with Gasteiger partial charge in [0.1, 0.15) is 0 Å². The number of halogens is 1. The van der Waals surface area contributed by atoms with Gasteiger partial charge in [-0.2, -0.15) is 5.10 Å². The molecular weight excluding hydrogens is 534 g/mol. The van der Waals surface area contributed by atoms with Crippen molar-refractivity contribution in [2.45, 2.75) is 19.4 Å². The first-order chi connectivity index (χ1) is 20.0. The minimum Gasteiger partial charge on any atom is -0.493 e. The second-order valence-electron chi connectivity index (χ2n) is 9.87. The van der Waals surface area contributed by atoms with Crippen LogP contribution in [0.3, 0.4) is 0 Å². The van der Waals surface area contributed by atoms with Crippen molar-refractivity contribution in [3.63, 3.8) is 0 Å². The highest BCUT2D eigenvalue weighted by atomic mass is 35.5. The summed E-state index contributed by atoms with van der Waals surface area (Å²) >= 11 is 6.49. The van der Waals surface area contributed by atoms with Gasteiger partial charge in [-0.1, -0.05) is 66.2 Å². The van der Waals surface area contributed by atoms with Crippen LogP contribution < -0.4 is 9.47 Å². The normalized spacial score (nSPS) is 14.7. The summed E-state index contributed by atoms with van der Waals surface area (Å²) in [6, 6.07) is 30.5. The summed E-state index contributed by atoms with van der Waals surface area (Å²) in [6.45, 7) is 1.99. The van der Waals surface area contributed by atoms with E-state index in [2.05, 4.69) is 12.1 Å². The lowest BCUT2D eigenvalue weighted by atomic mass is 9.89. The van der Waals surface area contributed by atoms with Crippen molar-refractivity contribution in [3.8, 4) is 22.6 Å². The molecule has 4 aromatic carbocycles. The second-order valence-corrected chi connectivity index (χ2v) is 10.3. The Kier molecular flexibility index (Phi) is 7.16. The summed E-state index contributed by atoms with van der Waals surface area (Å²) in [5.74, 6) is 1.03. The second kappa shape index (κ2) is 11.1. The number of fused-ring (bicyclic) bond motifs is 1. The predicted octanol–water partition coefficient (Wildman–Crippen LogP) is 7.87. The van der Waals surface area contributed by atoms with Crippen molar-refractivity contribution in [2.75, 3.05) is 14.2 Å². The van der Waals surface area contributed by atoms with Crippen LogP contribution in [0.4, 0.5) is 0 Å². The van der Waals surface area contributed by atoms with E-state index < -0.39 is 0 Å². The third kappa shape index (κ3) is 4.92. The Morgan fingerprint density at radius 2 is 1.56 bits per heavy atom. The fourth-order valence-corrected chi connectivity index (χ4v) is 5.67. The van der Waals surface area contributed by atoms with Gasteiger partial charge in [0, 0.05) is 39.2 Å². The van der Waals surface area contributed by atoms with Crippen molar-refractivity contribution in [1.82, 2.24) is 9.99 Å². The van der Waals surface area contributed by atoms with Crippen LogP contribution in [0.5, 0.6) is 11.5 Å². The van der Waals surface area contributed by atoms with Crippen molar-refractivity contribution < 1.29 is 14.3 Å². The molecule has 0 saturated heterocycles. The van der Waals surface area contributed by atoms with E-state index in [1.807, 2.05) is 91.9 Å². The number of methoxy groups -OCH3 is 2. The molecule has 0 saturated carbocycles. The fraction of sp³-hybridized carbons (Fsp3) is 0.147. The van der Waals surface area contributed by atoms with Gasteiger partial charge in [-0.25, -0.2) is 5.01 Å². The van der Waals surface area contributed by atoms with Gasteiger partial charge in [-0.15, -0.1) is 0 Å². The number of carbonyl (C=O) groups is 1. The van der Waals surface area contributed by atoms with Gasteiger partial charge in [0.2, 0.25) is 0 Å². The number of nitrogens with zero attached hydrogens (tertiary/aromatic N) is 3. The highest BCUT2D eigenvalue weighted by molar-refractivity contribution is 6.31. The van der Waals surface area contributed by atoms with Crippen LogP contribution in [0, 0.1) is 6.92 Å². The predicted molar refractivity (Wildman–Crippen MR) is 163 cm³/mol. The molecule has 0 bridgehead atoms. The standard InChI is InChI=1S/C34H28ClN3O3/c1-21-32(33(22-10-6-4-7-11-22)26-19-25(35)15-16-27(26)36-21)28-20-29(24-14-17-30(40-2)31(18-24)41-3)38(37-28)34(39)23-12-8-5-9-13-23/h4-19,29H,20H2,1-3H3. The first kappa shape index (κ1) is 26.5. The number of hydrazone groups is 1. The lowest BCUT2D eigenvalue weighted by Gasteiger charge is -2.23. The number of hydrogen-bond donors (Lipinski definition) is 0. The van der Waals surface area contributed by atoms with E-state index in [9.17, 15) is 4.79 Å². The number of amides is 1. The SMILES string of the molecule is COc1ccc(C2CC(c3c(C)nc4ccc(Cl)cc4c3-c3ccccc3)=NN2C(=O)c2ccccc2)cc1OC. The number of aryl methyl sites for hydroxylation is 1. The number of ether oxygens (including phenoxy) is 2. The zero-order valence-electron chi connectivity index (χ0n) is 23.0. The summed E-state index contributed by atoms with van der Waals surface area (Å²) in [5, 5.41) is 8.17. The van der Waals surface area contributed by atoms with Crippen LogP contribution in [0.2, 0.25) is 5.02 Å². The van der Waals surface area contributed by atoms with Gasteiger partial charge in [0.25, 0.3) is 5.91 Å². The summed E-state index contributed by atoms with van der Waals surface area (Å²) in [5.41, 5.74) is 6.83. The quantitative estimate of drug-likeness (QED) is 0.211. The van der Waals surface area contributed by atoms with E-state index in [4.69, 9.17) is 31.2 Å². The summed E-state index contributed by atoms with van der Waals surface area (Å²) in [4.78, 5) is 18.9. The van der Waals surface area contributed by atoms with Crippen LogP contribution in [-0.4, -0.2) is 35.8 Å². The molecule has 6 nitrogen and oxygen atoms in total. The third-order valence-corrected chi connectivity index (χ3v) is 7.65. The topological polar surface area (TPSA) is 64.0 Å². The van der Waals surface area contributed by atoms with Gasteiger partial charge >= 0.3 is 0 Å². The maximum Gasteiger partial charge on any atom is 0.274 e. The molecule has 0 radical (unpaired) electrons. The van der Waals surface area contributed by atoms with E-state index in [1.165, 1.54) is 0 Å². The molecule has 1 aliphatic rings. The molecule has 0 spiro atoms. The molecule has 0 fully saturated rings. The van der Waals surface area contributed by atoms with Crippen LogP contribution in [0.25, 0.3) is 22.0 Å². The lowest BCUT2D eigenvalue weighted by Crippen LogP contribution is -2.27. The fourth-order valence-electron chi connectivity index (χ4n) is 5.50. The summed E-state index contributed by atoms with van der Waals surface area (Å²) < 4.78 is 11.1. The highest BCUT2D eigenvalue weighted by Gasteiger charge is 2.36. The molecule has 1 aliphatic heterocycles. The Morgan fingerprint density at radius 1 is 0.854 bits per heavy atom. The molecule has 7 heteroatoms. The number of aromatic nitrogens is 1. The van der Waals surface area contributed by atoms with E-state index >= 15 is 0 Å². The third-order valence-electron chi connectivity index (χ3n) is 7.41. The lowest BCUT2D eigenvalue weighted by molar-refractivity contribution is 0.0711. The molecule has 1 unspecified atom stereocenters. The average molecular weight is 562 g/mol. The van der Waals surface area contributed by atoms with Gasteiger partial charge < -0.3 is 9.47 Å². The molecule has 0 N–H and O–H groups in total. The molecule has 0 aliphatic carbocycles. The largest absolute Gasteiger partial charge is 0.493 e. The Bertz CT molecular complexity index is 1790. The Balaban J connectivity index is 1.56. The van der Waals surface area contributed by atoms with Crippen LogP contribution >= 0.6 is 11.6 Å². The molecule has 2 heterocycles. The van der Waals surface area contributed by atoms with E-state index in [1.54, 1.807) is 19.2 Å². The van der Waals surface area contributed by atoms with Gasteiger partial charge in [-0.05, 0) is 60.5 Å². The summed E-state index contributed by atoms with van der Waals surface area (Å²) in [6.07, 6.45) is 0.489. The van der Waals surface area contributed by atoms with Crippen molar-refractivity contribution >= 4 is 34.1 Å². The summed E-state index contributed by atoms with van der Waals surface area (Å²) in [7, 11) is 3.21. The van der Waals surface area contributed by atoms with Gasteiger partial charge in [0.15, 0.2) is 11.5 Å². The molecule has 6 rings (SSSR count). The van der Waals surface area contributed by atoms with E-state index in [0.29, 0.717) is 28.5 Å². The number of rotatable bonds is 6. The van der Waals surface area contributed by atoms with E-state index in [0.717, 1.165) is 44.6 Å². The van der Waals surface area contributed by atoms with Crippen molar-refractivity contribution in [3.05, 3.63) is 124 Å². The number of pyridine rings is 1. The maximum absolute atomic E-state index is 13.9. The Hall–Kier alpha value is -4.68. The average Bonchev–Trinajstić information content (AvgIpc) is 3.45. The van der Waals surface area contributed by atoms with Crippen molar-refractivity contribution in [1.29, 1.82) is 0 Å². The van der Waals surface area contributed by atoms with E-state index in [-0.39, 0.29) is 11.9 Å². The highest BCUT2D eigenvalue weighted by Crippen LogP contribution is 2.42. The first-order valence-corrected chi connectivity index (χ1v) is 13.7.